The Bertz CT molecular complexity index is 470. The van der Waals surface area contributed by atoms with Crippen molar-refractivity contribution in [3.63, 3.8) is 0 Å². The van der Waals surface area contributed by atoms with Gasteiger partial charge in [0.05, 0.1) is 11.3 Å². The van der Waals surface area contributed by atoms with Gasteiger partial charge in [-0.05, 0) is 12.8 Å². The highest BCUT2D eigenvalue weighted by Gasteiger charge is 2.22. The summed E-state index contributed by atoms with van der Waals surface area (Å²) >= 11 is 0. The van der Waals surface area contributed by atoms with Gasteiger partial charge in [-0.15, -0.1) is 0 Å². The summed E-state index contributed by atoms with van der Waals surface area (Å²) in [5.74, 6) is 0.894. The Morgan fingerprint density at radius 2 is 1.89 bits per heavy atom. The standard InChI is InChI=1S/C13H17NO4/c1-7(2)8(3)18-13(15)9-4-11-12(5-10(9)14)17-6-16-11/h4-5,7-8H,6,14H2,1-3H3. The Morgan fingerprint density at radius 3 is 2.50 bits per heavy atom. The van der Waals surface area contributed by atoms with Gasteiger partial charge in [-0.3, -0.25) is 0 Å². The second-order valence-corrected chi connectivity index (χ2v) is 4.65. The normalized spacial score (nSPS) is 14.7. The second-order valence-electron chi connectivity index (χ2n) is 4.65. The maximum Gasteiger partial charge on any atom is 0.340 e. The first-order chi connectivity index (χ1) is 8.49. The van der Waals surface area contributed by atoms with E-state index in [0.29, 0.717) is 22.7 Å². The van der Waals surface area contributed by atoms with E-state index < -0.39 is 5.97 Å². The number of benzene rings is 1. The van der Waals surface area contributed by atoms with Crippen LogP contribution in [0.5, 0.6) is 11.5 Å². The maximum absolute atomic E-state index is 12.0. The predicted molar refractivity (Wildman–Crippen MR) is 66.7 cm³/mol. The van der Waals surface area contributed by atoms with Crippen molar-refractivity contribution in [2.75, 3.05) is 12.5 Å². The van der Waals surface area contributed by atoms with Crippen LogP contribution in [-0.4, -0.2) is 18.9 Å². The van der Waals surface area contributed by atoms with Gasteiger partial charge in [0.15, 0.2) is 11.5 Å². The maximum atomic E-state index is 12.0. The van der Waals surface area contributed by atoms with Crippen molar-refractivity contribution in [3.05, 3.63) is 17.7 Å². The van der Waals surface area contributed by atoms with Gasteiger partial charge in [-0.2, -0.15) is 0 Å². The summed E-state index contributed by atoms with van der Waals surface area (Å²) in [6.07, 6.45) is -0.165. The zero-order chi connectivity index (χ0) is 13.3. The average Bonchev–Trinajstić information content (AvgIpc) is 2.74. The summed E-state index contributed by atoms with van der Waals surface area (Å²) in [5.41, 5.74) is 6.46. The second kappa shape index (κ2) is 4.76. The van der Waals surface area contributed by atoms with Gasteiger partial charge in [-0.1, -0.05) is 13.8 Å². The SMILES string of the molecule is CC(C)C(C)OC(=O)c1cc2c(cc1N)OCO2. The van der Waals surface area contributed by atoms with Crippen LogP contribution in [0.4, 0.5) is 5.69 Å². The molecule has 0 aromatic heterocycles. The number of esters is 1. The summed E-state index contributed by atoms with van der Waals surface area (Å²) in [4.78, 5) is 12.0. The minimum absolute atomic E-state index is 0.148. The number of anilines is 1. The molecule has 1 aromatic rings. The lowest BCUT2D eigenvalue weighted by molar-refractivity contribution is 0.0239. The number of rotatable bonds is 3. The quantitative estimate of drug-likeness (QED) is 0.658. The predicted octanol–water partition coefficient (Wildman–Crippen LogP) is 2.20. The van der Waals surface area contributed by atoms with Crippen LogP contribution < -0.4 is 15.2 Å². The molecule has 0 fully saturated rings. The summed E-state index contributed by atoms with van der Waals surface area (Å²) in [6.45, 7) is 5.98. The van der Waals surface area contributed by atoms with Crippen LogP contribution in [0.15, 0.2) is 12.1 Å². The molecule has 1 aliphatic heterocycles. The molecule has 2 N–H and O–H groups in total. The van der Waals surface area contributed by atoms with Gasteiger partial charge in [0.2, 0.25) is 6.79 Å². The molecular weight excluding hydrogens is 234 g/mol. The van der Waals surface area contributed by atoms with E-state index in [2.05, 4.69) is 0 Å². The largest absolute Gasteiger partial charge is 0.459 e. The molecule has 18 heavy (non-hydrogen) atoms. The molecule has 0 spiro atoms. The molecule has 1 heterocycles. The number of nitrogen functional groups attached to an aromatic ring is 1. The van der Waals surface area contributed by atoms with E-state index in [0.717, 1.165) is 0 Å². The van der Waals surface area contributed by atoms with E-state index in [4.69, 9.17) is 19.9 Å². The van der Waals surface area contributed by atoms with Gasteiger partial charge in [-0.25, -0.2) is 4.79 Å². The Labute approximate surface area is 106 Å². The summed E-state index contributed by atoms with van der Waals surface area (Å²) in [7, 11) is 0. The molecule has 0 saturated carbocycles. The Hall–Kier alpha value is -1.91. The molecule has 2 rings (SSSR count). The van der Waals surface area contributed by atoms with E-state index in [1.807, 2.05) is 20.8 Å². The fraction of sp³-hybridized carbons (Fsp3) is 0.462. The highest BCUT2D eigenvalue weighted by Crippen LogP contribution is 2.36. The number of nitrogens with two attached hydrogens (primary N) is 1. The van der Waals surface area contributed by atoms with E-state index in [-0.39, 0.29) is 18.8 Å². The Morgan fingerprint density at radius 1 is 1.28 bits per heavy atom. The van der Waals surface area contributed by atoms with Crippen molar-refractivity contribution in [2.24, 2.45) is 5.92 Å². The Kier molecular flexibility index (Phi) is 3.32. The van der Waals surface area contributed by atoms with Crippen molar-refractivity contribution in [2.45, 2.75) is 26.9 Å². The van der Waals surface area contributed by atoms with Gasteiger partial charge < -0.3 is 19.9 Å². The van der Waals surface area contributed by atoms with Crippen LogP contribution >= 0.6 is 0 Å². The summed E-state index contributed by atoms with van der Waals surface area (Å²) in [5, 5.41) is 0. The van der Waals surface area contributed by atoms with E-state index in [1.54, 1.807) is 12.1 Å². The molecule has 0 aliphatic carbocycles. The first-order valence-corrected chi connectivity index (χ1v) is 5.89. The first-order valence-electron chi connectivity index (χ1n) is 5.89. The molecule has 0 radical (unpaired) electrons. The van der Waals surface area contributed by atoms with E-state index in [1.165, 1.54) is 0 Å². The molecular formula is C13H17NO4. The lowest BCUT2D eigenvalue weighted by Gasteiger charge is -2.17. The third-order valence-electron chi connectivity index (χ3n) is 3.00. The van der Waals surface area contributed by atoms with E-state index >= 15 is 0 Å². The van der Waals surface area contributed by atoms with Crippen molar-refractivity contribution in [1.82, 2.24) is 0 Å². The van der Waals surface area contributed by atoms with Crippen LogP contribution in [0.1, 0.15) is 31.1 Å². The molecule has 0 amide bonds. The number of fused-ring (bicyclic) bond motifs is 1. The van der Waals surface area contributed by atoms with Crippen molar-refractivity contribution < 1.29 is 19.0 Å². The molecule has 5 heteroatoms. The molecule has 5 nitrogen and oxygen atoms in total. The van der Waals surface area contributed by atoms with Crippen molar-refractivity contribution >= 4 is 11.7 Å². The zero-order valence-electron chi connectivity index (χ0n) is 10.7. The number of carbonyl (C=O) groups excluding carboxylic acids is 1. The molecule has 98 valence electrons. The highest BCUT2D eigenvalue weighted by molar-refractivity contribution is 5.96. The van der Waals surface area contributed by atoms with Gasteiger partial charge >= 0.3 is 5.97 Å². The van der Waals surface area contributed by atoms with Crippen LogP contribution in [-0.2, 0) is 4.74 Å². The zero-order valence-corrected chi connectivity index (χ0v) is 10.7. The fourth-order valence-electron chi connectivity index (χ4n) is 1.50. The molecule has 1 unspecified atom stereocenters. The monoisotopic (exact) mass is 251 g/mol. The first kappa shape index (κ1) is 12.5. The highest BCUT2D eigenvalue weighted by atomic mass is 16.7. The average molecular weight is 251 g/mol. The molecule has 0 bridgehead atoms. The number of hydrogen-bond donors (Lipinski definition) is 1. The van der Waals surface area contributed by atoms with Gasteiger partial charge in [0.25, 0.3) is 0 Å². The molecule has 1 aliphatic rings. The lowest BCUT2D eigenvalue weighted by Crippen LogP contribution is -2.20. The van der Waals surface area contributed by atoms with Gasteiger partial charge in [0.1, 0.15) is 6.10 Å². The third kappa shape index (κ3) is 2.34. The lowest BCUT2D eigenvalue weighted by atomic mass is 10.1. The van der Waals surface area contributed by atoms with Crippen LogP contribution in [0.2, 0.25) is 0 Å². The van der Waals surface area contributed by atoms with Gasteiger partial charge in [0, 0.05) is 12.1 Å². The minimum Gasteiger partial charge on any atom is -0.459 e. The number of carbonyl (C=O) groups is 1. The summed E-state index contributed by atoms with van der Waals surface area (Å²) < 4.78 is 15.7. The van der Waals surface area contributed by atoms with Crippen LogP contribution in [0, 0.1) is 5.92 Å². The number of hydrogen-bond acceptors (Lipinski definition) is 5. The third-order valence-corrected chi connectivity index (χ3v) is 3.00. The summed E-state index contributed by atoms with van der Waals surface area (Å²) in [6, 6.07) is 3.14. The molecule has 1 atom stereocenters. The molecule has 0 saturated heterocycles. The smallest absolute Gasteiger partial charge is 0.340 e. The molecule has 1 aromatic carbocycles. The topological polar surface area (TPSA) is 70.8 Å². The van der Waals surface area contributed by atoms with E-state index in [9.17, 15) is 4.79 Å². The number of ether oxygens (including phenoxy) is 3. The van der Waals surface area contributed by atoms with Crippen LogP contribution in [0.25, 0.3) is 0 Å². The Balaban J connectivity index is 2.20. The minimum atomic E-state index is -0.438. The fourth-order valence-corrected chi connectivity index (χ4v) is 1.50. The van der Waals surface area contributed by atoms with Crippen molar-refractivity contribution in [1.29, 1.82) is 0 Å². The van der Waals surface area contributed by atoms with Crippen LogP contribution in [0.3, 0.4) is 0 Å². The van der Waals surface area contributed by atoms with Crippen molar-refractivity contribution in [3.8, 4) is 11.5 Å².